The first-order valence-electron chi connectivity index (χ1n) is 7.88. The number of amides is 1. The maximum atomic E-state index is 12.9. The van der Waals surface area contributed by atoms with E-state index in [1.165, 1.54) is 12.1 Å². The van der Waals surface area contributed by atoms with Crippen molar-refractivity contribution >= 4 is 11.5 Å². The number of carbonyl (C=O) groups is 1. The van der Waals surface area contributed by atoms with Crippen LogP contribution in [0.5, 0.6) is 0 Å². The lowest BCUT2D eigenvalue weighted by atomic mass is 10.1. The standard InChI is InChI=1S/C19H19FN2O2/c1-12(2)22-11-16(18(23)19(22)24)17-8-5-14(10-21-17)9-13-3-6-15(20)7-4-13/h3-8,10,12,23H,9,11H2,1-2H3. The Bertz CT molecular complexity index is 780. The van der Waals surface area contributed by atoms with E-state index in [9.17, 15) is 14.3 Å². The fourth-order valence-corrected chi connectivity index (χ4v) is 2.75. The van der Waals surface area contributed by atoms with Gasteiger partial charge < -0.3 is 10.0 Å². The Labute approximate surface area is 140 Å². The van der Waals surface area contributed by atoms with Gasteiger partial charge >= 0.3 is 0 Å². The van der Waals surface area contributed by atoms with Crippen LogP contribution in [0.2, 0.25) is 0 Å². The van der Waals surface area contributed by atoms with Gasteiger partial charge in [0, 0.05) is 17.8 Å². The van der Waals surface area contributed by atoms with Crippen molar-refractivity contribution in [3.8, 4) is 0 Å². The average molecular weight is 326 g/mol. The van der Waals surface area contributed by atoms with Crippen LogP contribution < -0.4 is 0 Å². The highest BCUT2D eigenvalue weighted by molar-refractivity contribution is 6.03. The summed E-state index contributed by atoms with van der Waals surface area (Å²) in [5.74, 6) is -0.824. The Hall–Kier alpha value is -2.69. The summed E-state index contributed by atoms with van der Waals surface area (Å²) in [5.41, 5.74) is 3.14. The third-order valence-electron chi connectivity index (χ3n) is 4.16. The molecule has 0 fully saturated rings. The van der Waals surface area contributed by atoms with E-state index in [2.05, 4.69) is 4.98 Å². The molecule has 1 aliphatic rings. The van der Waals surface area contributed by atoms with E-state index < -0.39 is 0 Å². The molecule has 24 heavy (non-hydrogen) atoms. The first-order valence-corrected chi connectivity index (χ1v) is 7.88. The Morgan fingerprint density at radius 3 is 2.38 bits per heavy atom. The zero-order valence-electron chi connectivity index (χ0n) is 13.7. The zero-order chi connectivity index (χ0) is 17.3. The van der Waals surface area contributed by atoms with Crippen molar-refractivity contribution in [1.82, 2.24) is 9.88 Å². The van der Waals surface area contributed by atoms with E-state index in [0.717, 1.165) is 11.1 Å². The molecule has 0 unspecified atom stereocenters. The minimum Gasteiger partial charge on any atom is -0.503 e. The lowest BCUT2D eigenvalue weighted by Crippen LogP contribution is -2.33. The highest BCUT2D eigenvalue weighted by Gasteiger charge is 2.32. The fraction of sp³-hybridized carbons (Fsp3) is 0.263. The molecule has 1 aromatic carbocycles. The second-order valence-electron chi connectivity index (χ2n) is 6.21. The van der Waals surface area contributed by atoms with Crippen molar-refractivity contribution in [3.05, 3.63) is 71.0 Å². The summed E-state index contributed by atoms with van der Waals surface area (Å²) in [4.78, 5) is 18.0. The molecule has 1 aliphatic heterocycles. The SMILES string of the molecule is CC(C)N1CC(c2ccc(Cc3ccc(F)cc3)cn2)=C(O)C1=O. The Morgan fingerprint density at radius 1 is 1.17 bits per heavy atom. The summed E-state index contributed by atoms with van der Waals surface area (Å²) in [6.07, 6.45) is 2.37. The van der Waals surface area contributed by atoms with Gasteiger partial charge in [-0.1, -0.05) is 18.2 Å². The summed E-state index contributed by atoms with van der Waals surface area (Å²) in [5, 5.41) is 10.1. The van der Waals surface area contributed by atoms with Gasteiger partial charge in [0.25, 0.3) is 5.91 Å². The molecule has 0 atom stereocenters. The molecule has 0 radical (unpaired) electrons. The molecule has 1 amide bonds. The molecule has 0 saturated heterocycles. The predicted molar refractivity (Wildman–Crippen MR) is 89.8 cm³/mol. The summed E-state index contributed by atoms with van der Waals surface area (Å²) in [6.45, 7) is 4.19. The number of hydrogen-bond donors (Lipinski definition) is 1. The molecule has 1 N–H and O–H groups in total. The van der Waals surface area contributed by atoms with Crippen LogP contribution >= 0.6 is 0 Å². The van der Waals surface area contributed by atoms with Gasteiger partial charge in [-0.2, -0.15) is 0 Å². The largest absolute Gasteiger partial charge is 0.503 e. The number of carbonyl (C=O) groups excluding carboxylic acids is 1. The zero-order valence-corrected chi connectivity index (χ0v) is 13.7. The first-order chi connectivity index (χ1) is 11.5. The molecule has 3 rings (SSSR count). The quantitative estimate of drug-likeness (QED) is 0.937. The molecule has 0 aliphatic carbocycles. The van der Waals surface area contributed by atoms with E-state index in [1.54, 1.807) is 23.2 Å². The smallest absolute Gasteiger partial charge is 0.289 e. The third-order valence-corrected chi connectivity index (χ3v) is 4.16. The van der Waals surface area contributed by atoms with Gasteiger partial charge in [0.2, 0.25) is 0 Å². The van der Waals surface area contributed by atoms with Crippen molar-refractivity contribution in [1.29, 1.82) is 0 Å². The summed E-state index contributed by atoms with van der Waals surface area (Å²) < 4.78 is 12.9. The van der Waals surface area contributed by atoms with E-state index in [1.807, 2.05) is 26.0 Å². The number of halogens is 1. The Morgan fingerprint density at radius 2 is 1.83 bits per heavy atom. The van der Waals surface area contributed by atoms with Crippen LogP contribution in [0.4, 0.5) is 4.39 Å². The molecule has 2 aromatic rings. The number of benzene rings is 1. The number of aromatic nitrogens is 1. The van der Waals surface area contributed by atoms with Gasteiger partial charge in [0.1, 0.15) is 5.82 Å². The maximum Gasteiger partial charge on any atom is 0.289 e. The Balaban J connectivity index is 1.77. The number of rotatable bonds is 4. The van der Waals surface area contributed by atoms with Crippen molar-refractivity contribution in [2.45, 2.75) is 26.3 Å². The monoisotopic (exact) mass is 326 g/mol. The molecular weight excluding hydrogens is 307 g/mol. The third kappa shape index (κ3) is 3.15. The maximum absolute atomic E-state index is 12.9. The number of aliphatic hydroxyl groups excluding tert-OH is 1. The molecule has 124 valence electrons. The molecule has 0 bridgehead atoms. The van der Waals surface area contributed by atoms with Crippen molar-refractivity contribution in [3.63, 3.8) is 0 Å². The van der Waals surface area contributed by atoms with Gasteiger partial charge in [-0.25, -0.2) is 4.39 Å². The highest BCUT2D eigenvalue weighted by Crippen LogP contribution is 2.26. The minimum absolute atomic E-state index is 0.0231. The van der Waals surface area contributed by atoms with Gasteiger partial charge in [-0.3, -0.25) is 9.78 Å². The van der Waals surface area contributed by atoms with Crippen LogP contribution in [0.3, 0.4) is 0 Å². The van der Waals surface area contributed by atoms with Gasteiger partial charge in [-0.05, 0) is 49.6 Å². The minimum atomic E-state index is -0.350. The summed E-state index contributed by atoms with van der Waals surface area (Å²) in [6, 6.07) is 10.1. The number of nitrogens with zero attached hydrogens (tertiary/aromatic N) is 2. The number of aliphatic hydroxyl groups is 1. The van der Waals surface area contributed by atoms with Crippen LogP contribution in [0, 0.1) is 5.82 Å². The lowest BCUT2D eigenvalue weighted by molar-refractivity contribution is -0.129. The lowest BCUT2D eigenvalue weighted by Gasteiger charge is -2.20. The molecule has 5 heteroatoms. The molecule has 2 heterocycles. The predicted octanol–water partition coefficient (Wildman–Crippen LogP) is 3.33. The van der Waals surface area contributed by atoms with E-state index in [-0.39, 0.29) is 23.5 Å². The Kier molecular flexibility index (Phi) is 4.34. The van der Waals surface area contributed by atoms with E-state index in [4.69, 9.17) is 0 Å². The normalized spacial score (nSPS) is 14.8. The summed E-state index contributed by atoms with van der Waals surface area (Å²) >= 11 is 0. The van der Waals surface area contributed by atoms with Crippen LogP contribution in [0.1, 0.15) is 30.7 Å². The summed E-state index contributed by atoms with van der Waals surface area (Å²) in [7, 11) is 0. The molecule has 1 aromatic heterocycles. The van der Waals surface area contributed by atoms with Crippen LogP contribution in [-0.2, 0) is 11.2 Å². The second-order valence-corrected chi connectivity index (χ2v) is 6.21. The number of pyridine rings is 1. The van der Waals surface area contributed by atoms with Crippen LogP contribution in [-0.4, -0.2) is 33.5 Å². The molecule has 4 nitrogen and oxygen atoms in total. The van der Waals surface area contributed by atoms with Gasteiger partial charge in [-0.15, -0.1) is 0 Å². The van der Waals surface area contributed by atoms with Crippen molar-refractivity contribution in [2.24, 2.45) is 0 Å². The van der Waals surface area contributed by atoms with Crippen molar-refractivity contribution < 1.29 is 14.3 Å². The average Bonchev–Trinajstić information content (AvgIpc) is 2.86. The van der Waals surface area contributed by atoms with Crippen LogP contribution in [0.15, 0.2) is 48.4 Å². The number of hydrogen-bond acceptors (Lipinski definition) is 3. The van der Waals surface area contributed by atoms with Crippen molar-refractivity contribution in [2.75, 3.05) is 6.54 Å². The molecular formula is C19H19FN2O2. The van der Waals surface area contributed by atoms with E-state index in [0.29, 0.717) is 24.2 Å². The fourth-order valence-electron chi connectivity index (χ4n) is 2.75. The second kappa shape index (κ2) is 6.43. The topological polar surface area (TPSA) is 53.4 Å². The molecule has 0 saturated carbocycles. The van der Waals surface area contributed by atoms with E-state index >= 15 is 0 Å². The molecule has 0 spiro atoms. The highest BCUT2D eigenvalue weighted by atomic mass is 19.1. The van der Waals surface area contributed by atoms with Gasteiger partial charge in [0.05, 0.1) is 12.2 Å². The van der Waals surface area contributed by atoms with Gasteiger partial charge in [0.15, 0.2) is 5.76 Å². The first kappa shape index (κ1) is 16.2. The van der Waals surface area contributed by atoms with Crippen LogP contribution in [0.25, 0.3) is 5.57 Å².